The fraction of sp³-hybridized carbons (Fsp3) is 0.930. The average molecular weight is 1110 g/mol. The topological polar surface area (TPSA) is 513 Å². The Morgan fingerprint density at radius 2 is 0.645 bits per heavy atom. The van der Waals surface area contributed by atoms with Crippen LogP contribution in [0.5, 0.6) is 0 Å². The summed E-state index contributed by atoms with van der Waals surface area (Å²) in [5, 5.41) is 181. The van der Waals surface area contributed by atoms with Crippen LogP contribution < -0.4 is 16.0 Å². The van der Waals surface area contributed by atoms with Crippen LogP contribution in [0.1, 0.15) is 27.7 Å². The molecule has 0 bridgehead atoms. The zero-order chi connectivity index (χ0) is 56.2. The highest BCUT2D eigenvalue weighted by atomic mass is 16.8. The highest BCUT2D eigenvalue weighted by Crippen LogP contribution is 2.37. The molecule has 13 unspecified atom stereocenters. The van der Waals surface area contributed by atoms with Crippen molar-refractivity contribution in [2.45, 2.75) is 212 Å². The van der Waals surface area contributed by atoms with Gasteiger partial charge in [-0.1, -0.05) is 0 Å². The highest BCUT2D eigenvalue weighted by molar-refractivity contribution is 5.74. The van der Waals surface area contributed by atoms with Gasteiger partial charge in [-0.2, -0.15) is 0 Å². The van der Waals surface area contributed by atoms with Gasteiger partial charge in [-0.3, -0.25) is 14.4 Å². The van der Waals surface area contributed by atoms with Crippen LogP contribution in [0.15, 0.2) is 0 Å². The van der Waals surface area contributed by atoms with Crippen LogP contribution in [0.2, 0.25) is 0 Å². The molecule has 6 saturated heterocycles. The van der Waals surface area contributed by atoms with Crippen molar-refractivity contribution in [3.05, 3.63) is 0 Å². The summed E-state index contributed by atoms with van der Waals surface area (Å²) >= 11 is 0. The molecule has 30 atom stereocenters. The molecule has 6 rings (SSSR count). The van der Waals surface area contributed by atoms with E-state index in [1.54, 1.807) is 0 Å². The van der Waals surface area contributed by atoms with E-state index in [0.29, 0.717) is 0 Å². The summed E-state index contributed by atoms with van der Waals surface area (Å²) in [6.45, 7) is -0.877. The van der Waals surface area contributed by atoms with E-state index in [1.807, 2.05) is 0 Å². The number of ether oxygens (including phenoxy) is 11. The summed E-state index contributed by atoms with van der Waals surface area (Å²) in [7, 11) is 0. The maximum absolute atomic E-state index is 12.6. The van der Waals surface area contributed by atoms with Crippen LogP contribution in [-0.4, -0.2) is 323 Å². The zero-order valence-corrected chi connectivity index (χ0v) is 41.4. The van der Waals surface area contributed by atoms with Crippen LogP contribution >= 0.6 is 0 Å². The third kappa shape index (κ3) is 13.6. The molecule has 33 heteroatoms. The summed E-state index contributed by atoms with van der Waals surface area (Å²) in [5.41, 5.74) is 0. The molecule has 3 amide bonds. The van der Waals surface area contributed by atoms with Gasteiger partial charge < -0.3 is 150 Å². The van der Waals surface area contributed by atoms with Gasteiger partial charge in [0.25, 0.3) is 0 Å². The number of aliphatic hydroxyl groups excluding tert-OH is 16. The van der Waals surface area contributed by atoms with E-state index in [4.69, 9.17) is 52.1 Å². The number of hydrogen-bond donors (Lipinski definition) is 19. The molecule has 6 heterocycles. The SMILES string of the molecule is CC(=O)NC1[C@H](OC2C(O)[C@H](O)C(CO)O[C@@H]2OC2[C@H](O)C(CO)O[C@@H](O[C@@H]3C(CO)O[C@@H](O[C@@H]4C(CO)O[C@@H](C)[C@@H](NC(C)=O)C4O)[C@@H](NC(C)=O)C3O)[C@@H]2O)OC(CO)[C@@H](O[C@@H]2OC(CO)[C@H](O)[C@H](O)C2O)[C@@H]1O. The van der Waals surface area contributed by atoms with Crippen LogP contribution in [0, 0.1) is 0 Å². The van der Waals surface area contributed by atoms with Gasteiger partial charge in [0.2, 0.25) is 17.7 Å². The van der Waals surface area contributed by atoms with Crippen molar-refractivity contribution >= 4 is 17.7 Å². The van der Waals surface area contributed by atoms with Crippen molar-refractivity contribution in [3.8, 4) is 0 Å². The quantitative estimate of drug-likeness (QED) is 0.0571. The van der Waals surface area contributed by atoms with E-state index in [-0.39, 0.29) is 0 Å². The van der Waals surface area contributed by atoms with Gasteiger partial charge in [-0.25, -0.2) is 0 Å². The van der Waals surface area contributed by atoms with Gasteiger partial charge in [-0.15, -0.1) is 0 Å². The Labute approximate surface area is 432 Å². The predicted octanol–water partition coefficient (Wildman–Crippen LogP) is -12.6. The molecule has 6 fully saturated rings. The maximum atomic E-state index is 12.6. The predicted molar refractivity (Wildman–Crippen MR) is 237 cm³/mol. The molecule has 76 heavy (non-hydrogen) atoms. The fourth-order valence-corrected chi connectivity index (χ4v) is 9.96. The lowest BCUT2D eigenvalue weighted by Gasteiger charge is -2.51. The van der Waals surface area contributed by atoms with Gasteiger partial charge in [0.1, 0.15) is 140 Å². The first-order valence-electron chi connectivity index (χ1n) is 24.4. The minimum Gasteiger partial charge on any atom is -0.394 e. The Hall–Kier alpha value is -2.67. The van der Waals surface area contributed by atoms with Gasteiger partial charge in [-0.05, 0) is 6.92 Å². The third-order valence-corrected chi connectivity index (χ3v) is 13.9. The molecule has 19 N–H and O–H groups in total. The van der Waals surface area contributed by atoms with Crippen molar-refractivity contribution in [1.82, 2.24) is 16.0 Å². The van der Waals surface area contributed by atoms with Crippen molar-refractivity contribution in [3.63, 3.8) is 0 Å². The first-order valence-corrected chi connectivity index (χ1v) is 24.4. The molecule has 0 aromatic rings. The molecule has 0 saturated carbocycles. The second-order valence-electron chi connectivity index (χ2n) is 19.3. The number of hydrogen-bond acceptors (Lipinski definition) is 30. The second-order valence-corrected chi connectivity index (χ2v) is 19.3. The lowest BCUT2D eigenvalue weighted by atomic mass is 9.92. The van der Waals surface area contributed by atoms with Gasteiger partial charge >= 0.3 is 0 Å². The molecular formula is C43H73N3O30. The fourth-order valence-electron chi connectivity index (χ4n) is 9.96. The summed E-state index contributed by atoms with van der Waals surface area (Å²) in [6, 6.07) is -4.51. The average Bonchev–Trinajstić information content (AvgIpc) is 3.37. The maximum Gasteiger partial charge on any atom is 0.217 e. The number of carbonyl (C=O) groups is 3. The third-order valence-electron chi connectivity index (χ3n) is 13.9. The van der Waals surface area contributed by atoms with Crippen molar-refractivity contribution in [1.29, 1.82) is 0 Å². The van der Waals surface area contributed by atoms with Crippen molar-refractivity contribution in [2.75, 3.05) is 39.6 Å². The van der Waals surface area contributed by atoms with E-state index < -0.39 is 241 Å². The van der Waals surface area contributed by atoms with Gasteiger partial charge in [0, 0.05) is 20.8 Å². The van der Waals surface area contributed by atoms with E-state index in [0.717, 1.165) is 13.8 Å². The van der Waals surface area contributed by atoms with Crippen LogP contribution in [0.4, 0.5) is 0 Å². The largest absolute Gasteiger partial charge is 0.394 e. The Kier molecular flexibility index (Phi) is 22.4. The molecule has 6 aliphatic rings. The Morgan fingerprint density at radius 1 is 0.329 bits per heavy atom. The number of aliphatic hydroxyl groups is 16. The van der Waals surface area contributed by atoms with Crippen molar-refractivity contribution in [2.24, 2.45) is 0 Å². The second kappa shape index (κ2) is 27.2. The lowest BCUT2D eigenvalue weighted by molar-refractivity contribution is -0.395. The summed E-state index contributed by atoms with van der Waals surface area (Å²) in [6.07, 6.45) is -49.3. The van der Waals surface area contributed by atoms with E-state index in [9.17, 15) is 96.1 Å². The molecular weight excluding hydrogens is 1040 g/mol. The van der Waals surface area contributed by atoms with Crippen molar-refractivity contribution < 1.29 is 148 Å². The number of nitrogens with one attached hydrogen (secondary N) is 3. The number of rotatable bonds is 19. The summed E-state index contributed by atoms with van der Waals surface area (Å²) in [4.78, 5) is 37.1. The Bertz CT molecular complexity index is 1870. The monoisotopic (exact) mass is 1110 g/mol. The molecule has 33 nitrogen and oxygen atoms in total. The molecule has 6 aliphatic heterocycles. The standard InChI is InChI=1S/C43H73N3O30/c1-11-21(44-12(2)53)27(59)34(18(8-50)66-11)72-39-22(45-13(3)54)28(60)36(20(10-52)70-39)74-42-33(65)37(26(58)17(7-49)68-42)75-43-38(31(63)25(57)16(6-48)69-43)76-40-23(46-14(4)55)29(61)35(19(9-51)71-40)73-41-32(64)30(62)24(56)15(5-47)67-41/h11,15-43,47-52,56-65H,5-10H2,1-4H3,(H,44,53)(H,45,54)(H,46,55)/t11-,15?,16?,17?,18?,19?,20?,21+,22-,23?,24-,25+,26+,27?,28?,29+,30-,31?,32?,33+,34+,35+,36+,37?,38?,39-,40-,41-,42-,43+/m0/s1. The van der Waals surface area contributed by atoms with Crippen LogP contribution in [0.25, 0.3) is 0 Å². The summed E-state index contributed by atoms with van der Waals surface area (Å²) < 4.78 is 64.2. The number of carbonyl (C=O) groups excluding carboxylic acids is 3. The normalized spacial score (nSPS) is 48.2. The Balaban J connectivity index is 1.24. The number of amides is 3. The van der Waals surface area contributed by atoms with Crippen LogP contribution in [0.3, 0.4) is 0 Å². The van der Waals surface area contributed by atoms with E-state index in [1.165, 1.54) is 13.8 Å². The van der Waals surface area contributed by atoms with E-state index >= 15 is 0 Å². The molecule has 440 valence electrons. The zero-order valence-electron chi connectivity index (χ0n) is 41.4. The minimum atomic E-state index is -2.25. The minimum absolute atomic E-state index is 0.549. The molecule has 0 radical (unpaired) electrons. The van der Waals surface area contributed by atoms with Gasteiger partial charge in [0.15, 0.2) is 31.5 Å². The summed E-state index contributed by atoms with van der Waals surface area (Å²) in [5.74, 6) is -2.17. The molecule has 0 aliphatic carbocycles. The first-order chi connectivity index (χ1) is 35.9. The molecule has 0 aromatic carbocycles. The first kappa shape index (κ1) is 62.5. The molecule has 0 aromatic heterocycles. The lowest BCUT2D eigenvalue weighted by Crippen LogP contribution is -2.70. The van der Waals surface area contributed by atoms with Gasteiger partial charge in [0.05, 0.1) is 51.8 Å². The van der Waals surface area contributed by atoms with E-state index in [2.05, 4.69) is 16.0 Å². The Morgan fingerprint density at radius 3 is 1.08 bits per heavy atom. The van der Waals surface area contributed by atoms with Crippen LogP contribution in [-0.2, 0) is 66.5 Å². The smallest absolute Gasteiger partial charge is 0.217 e. The highest BCUT2D eigenvalue weighted by Gasteiger charge is 2.58. The molecule has 0 spiro atoms.